The number of rotatable bonds is 9. The topological polar surface area (TPSA) is 57.2 Å². The molecule has 0 saturated carbocycles. The fourth-order valence-electron chi connectivity index (χ4n) is 5.29. The van der Waals surface area contributed by atoms with Gasteiger partial charge in [0.25, 0.3) is 0 Å². The highest BCUT2D eigenvalue weighted by Gasteiger charge is 2.42. The molecule has 0 amide bonds. The maximum atomic E-state index is 11.1. The number of ether oxygens (including phenoxy) is 4. The lowest BCUT2D eigenvalue weighted by Gasteiger charge is -2.37. The Bertz CT molecular complexity index is 1380. The summed E-state index contributed by atoms with van der Waals surface area (Å²) in [6.07, 6.45) is -1.29. The summed E-state index contributed by atoms with van der Waals surface area (Å²) >= 11 is 12.8. The molecule has 4 aromatic rings. The van der Waals surface area contributed by atoms with Crippen molar-refractivity contribution in [1.29, 1.82) is 0 Å². The van der Waals surface area contributed by atoms with Crippen LogP contribution in [-0.4, -0.2) is 38.1 Å². The first-order valence-electron chi connectivity index (χ1n) is 13.1. The van der Waals surface area contributed by atoms with Crippen molar-refractivity contribution in [1.82, 2.24) is 0 Å². The molecule has 0 unspecified atom stereocenters. The maximum absolute atomic E-state index is 11.1. The molecule has 0 aromatic heterocycles. The quantitative estimate of drug-likeness (QED) is 0.208. The zero-order chi connectivity index (χ0) is 28.3. The lowest BCUT2D eigenvalue weighted by atomic mass is 9.80. The van der Waals surface area contributed by atoms with E-state index in [4.69, 9.17) is 42.1 Å². The summed E-state index contributed by atoms with van der Waals surface area (Å²) in [5.41, 5.74) is 3.46. The molecule has 0 radical (unpaired) electrons. The summed E-state index contributed by atoms with van der Waals surface area (Å²) in [6.45, 7) is 2.06. The van der Waals surface area contributed by atoms with Crippen LogP contribution < -0.4 is 9.47 Å². The number of halogens is 2. The number of hydrogen-bond donors (Lipinski definition) is 1. The van der Waals surface area contributed by atoms with Crippen LogP contribution in [0.25, 0.3) is 0 Å². The van der Waals surface area contributed by atoms with Crippen LogP contribution in [-0.2, 0) is 15.1 Å². The molecule has 7 heteroatoms. The molecule has 1 aliphatic rings. The van der Waals surface area contributed by atoms with Crippen LogP contribution in [0.2, 0.25) is 10.0 Å². The predicted octanol–water partition coefficient (Wildman–Crippen LogP) is 7.52. The van der Waals surface area contributed by atoms with Crippen LogP contribution in [0.15, 0.2) is 91.0 Å². The molecular formula is C33H32Cl2O5. The van der Waals surface area contributed by atoms with E-state index in [1.807, 2.05) is 91.9 Å². The molecule has 4 aromatic carbocycles. The third-order valence-electron chi connectivity index (χ3n) is 7.49. The van der Waals surface area contributed by atoms with Gasteiger partial charge >= 0.3 is 0 Å². The first-order valence-corrected chi connectivity index (χ1v) is 13.9. The van der Waals surface area contributed by atoms with E-state index in [9.17, 15) is 5.11 Å². The molecule has 208 valence electrons. The summed E-state index contributed by atoms with van der Waals surface area (Å²) in [4.78, 5) is 0. The number of aliphatic hydroxyl groups excluding tert-OH is 1. The van der Waals surface area contributed by atoms with Crippen LogP contribution >= 0.6 is 23.2 Å². The smallest absolute Gasteiger partial charge is 0.143 e. The Labute approximate surface area is 245 Å². The van der Waals surface area contributed by atoms with Crippen molar-refractivity contribution in [3.8, 4) is 11.5 Å². The Morgan fingerprint density at radius 1 is 0.800 bits per heavy atom. The van der Waals surface area contributed by atoms with Crippen molar-refractivity contribution in [2.24, 2.45) is 0 Å². The van der Waals surface area contributed by atoms with Crippen molar-refractivity contribution in [3.63, 3.8) is 0 Å². The van der Waals surface area contributed by atoms with Gasteiger partial charge in [0.1, 0.15) is 23.2 Å². The second kappa shape index (κ2) is 12.2. The Kier molecular flexibility index (Phi) is 8.69. The lowest BCUT2D eigenvalue weighted by molar-refractivity contribution is -0.0827. The van der Waals surface area contributed by atoms with Gasteiger partial charge in [-0.3, -0.25) is 0 Å². The van der Waals surface area contributed by atoms with Crippen LogP contribution in [0, 0.1) is 6.92 Å². The predicted molar refractivity (Wildman–Crippen MR) is 158 cm³/mol. The van der Waals surface area contributed by atoms with Crippen molar-refractivity contribution >= 4 is 23.2 Å². The summed E-state index contributed by atoms with van der Waals surface area (Å²) < 4.78 is 24.2. The largest absolute Gasteiger partial charge is 0.497 e. The van der Waals surface area contributed by atoms with Gasteiger partial charge in [0.15, 0.2) is 0 Å². The molecule has 40 heavy (non-hydrogen) atoms. The SMILES string of the molecule is COc1ccc(C(OC[C@H]2O[C@@H](c3cc(C)c(Cl)cc3Cl)C[C@@H]2O)(c2ccccc2)c2ccc(OC)cc2)cc1. The first-order chi connectivity index (χ1) is 19.3. The van der Waals surface area contributed by atoms with Gasteiger partial charge in [-0.25, -0.2) is 0 Å². The van der Waals surface area contributed by atoms with E-state index in [-0.39, 0.29) is 12.7 Å². The maximum Gasteiger partial charge on any atom is 0.143 e. The summed E-state index contributed by atoms with van der Waals surface area (Å²) in [5.74, 6) is 1.49. The molecular weight excluding hydrogens is 547 g/mol. The van der Waals surface area contributed by atoms with E-state index in [0.717, 1.165) is 39.3 Å². The molecule has 0 bridgehead atoms. The molecule has 1 N–H and O–H groups in total. The van der Waals surface area contributed by atoms with Crippen LogP contribution in [0.3, 0.4) is 0 Å². The van der Waals surface area contributed by atoms with E-state index < -0.39 is 17.8 Å². The van der Waals surface area contributed by atoms with Gasteiger partial charge < -0.3 is 24.1 Å². The second-order valence-corrected chi connectivity index (χ2v) is 10.7. The molecule has 1 heterocycles. The Hall–Kier alpha value is -3.06. The third-order valence-corrected chi connectivity index (χ3v) is 8.22. The molecule has 1 aliphatic heterocycles. The Balaban J connectivity index is 1.53. The Morgan fingerprint density at radius 2 is 1.35 bits per heavy atom. The normalized spacial score (nSPS) is 19.0. The standard InChI is InChI=1S/C33H32Cl2O5/c1-21-17-27(29(35)18-28(21)34)31-19-30(36)32(40-31)20-39-33(22-7-5-4-6-8-22,23-9-13-25(37-2)14-10-23)24-11-15-26(38-3)16-12-24/h4-18,30-32,36H,19-20H2,1-3H3/t30-,31+,32+/m0/s1. The number of hydrogen-bond acceptors (Lipinski definition) is 5. The van der Waals surface area contributed by atoms with Gasteiger partial charge in [0.05, 0.1) is 33.0 Å². The van der Waals surface area contributed by atoms with Gasteiger partial charge in [0, 0.05) is 16.5 Å². The number of aliphatic hydroxyl groups is 1. The van der Waals surface area contributed by atoms with Gasteiger partial charge in [0.2, 0.25) is 0 Å². The highest BCUT2D eigenvalue weighted by atomic mass is 35.5. The second-order valence-electron chi connectivity index (χ2n) is 9.90. The van der Waals surface area contributed by atoms with E-state index >= 15 is 0 Å². The van der Waals surface area contributed by atoms with Gasteiger partial charge in [-0.05, 0) is 65.1 Å². The average Bonchev–Trinajstić information content (AvgIpc) is 3.36. The number of aryl methyl sites for hydroxylation is 1. The number of methoxy groups -OCH3 is 2. The number of benzene rings is 4. The molecule has 0 spiro atoms. The van der Waals surface area contributed by atoms with E-state index in [1.54, 1.807) is 20.3 Å². The van der Waals surface area contributed by atoms with Crippen LogP contribution in [0.4, 0.5) is 0 Å². The van der Waals surface area contributed by atoms with Crippen molar-refractivity contribution in [2.75, 3.05) is 20.8 Å². The Morgan fingerprint density at radius 3 is 1.90 bits per heavy atom. The molecule has 1 saturated heterocycles. The minimum atomic E-state index is -1.00. The van der Waals surface area contributed by atoms with Gasteiger partial charge in [-0.1, -0.05) is 83.9 Å². The first kappa shape index (κ1) is 28.5. The fraction of sp³-hybridized carbons (Fsp3) is 0.273. The summed E-state index contributed by atoms with van der Waals surface area (Å²) in [6, 6.07) is 29.4. The minimum Gasteiger partial charge on any atom is -0.497 e. The van der Waals surface area contributed by atoms with Gasteiger partial charge in [-0.2, -0.15) is 0 Å². The van der Waals surface area contributed by atoms with Crippen LogP contribution in [0.5, 0.6) is 11.5 Å². The summed E-state index contributed by atoms with van der Waals surface area (Å²) in [7, 11) is 3.28. The zero-order valence-electron chi connectivity index (χ0n) is 22.6. The fourth-order valence-corrected chi connectivity index (χ4v) is 5.79. The minimum absolute atomic E-state index is 0.134. The van der Waals surface area contributed by atoms with E-state index in [0.29, 0.717) is 16.5 Å². The lowest BCUT2D eigenvalue weighted by Crippen LogP contribution is -2.38. The zero-order valence-corrected chi connectivity index (χ0v) is 24.2. The van der Waals surface area contributed by atoms with Crippen molar-refractivity contribution < 1.29 is 24.1 Å². The van der Waals surface area contributed by atoms with Crippen molar-refractivity contribution in [3.05, 3.63) is 129 Å². The average molecular weight is 580 g/mol. The van der Waals surface area contributed by atoms with Crippen molar-refractivity contribution in [2.45, 2.75) is 37.3 Å². The molecule has 0 aliphatic carbocycles. The van der Waals surface area contributed by atoms with E-state index in [1.165, 1.54) is 0 Å². The molecule has 5 rings (SSSR count). The van der Waals surface area contributed by atoms with Gasteiger partial charge in [-0.15, -0.1) is 0 Å². The van der Waals surface area contributed by atoms with E-state index in [2.05, 4.69) is 0 Å². The van der Waals surface area contributed by atoms with Crippen LogP contribution in [0.1, 0.15) is 40.3 Å². The highest BCUT2D eigenvalue weighted by molar-refractivity contribution is 6.35. The molecule has 3 atom stereocenters. The molecule has 5 nitrogen and oxygen atoms in total. The highest BCUT2D eigenvalue weighted by Crippen LogP contribution is 2.44. The third kappa shape index (κ3) is 5.58. The summed E-state index contributed by atoms with van der Waals surface area (Å²) in [5, 5.41) is 12.2. The monoisotopic (exact) mass is 578 g/mol. The molecule has 1 fully saturated rings.